The third kappa shape index (κ3) is 5.39. The molecule has 7 nitrogen and oxygen atoms in total. The summed E-state index contributed by atoms with van der Waals surface area (Å²) < 4.78 is 46.8. The number of sulfonamides is 1. The fourth-order valence-electron chi connectivity index (χ4n) is 5.35. The number of nitrogens with one attached hydrogen (secondary N) is 1. The molecule has 0 radical (unpaired) electrons. The number of amides is 1. The molecule has 1 saturated carbocycles. The molecule has 4 rings (SSSR count). The van der Waals surface area contributed by atoms with Crippen molar-refractivity contribution in [2.24, 2.45) is 0 Å². The molecular weight excluding hydrogens is 530 g/mol. The average Bonchev–Trinajstić information content (AvgIpc) is 2.79. The van der Waals surface area contributed by atoms with Gasteiger partial charge in [-0.05, 0) is 55.2 Å². The van der Waals surface area contributed by atoms with Gasteiger partial charge in [-0.3, -0.25) is 9.59 Å². The first-order valence-electron chi connectivity index (χ1n) is 11.7. The van der Waals surface area contributed by atoms with Crippen molar-refractivity contribution in [2.45, 2.75) is 56.7 Å². The van der Waals surface area contributed by atoms with E-state index in [4.69, 9.17) is 27.9 Å². The standard InChI is InChI=1S/C25H27Cl2FN2O5S/c1-3-35-25(32)22-16-11-9-15(28)13-18(16)24(31)30(23(22)17-10-8-14(26)12-19(17)27)21-7-5-4-6-20(21)29-36(2,33)34/h8-13,20-23,29H,3-7H2,1-2H3/t20-,21-,22+,23?/m0/s1. The van der Waals surface area contributed by atoms with Gasteiger partial charge in [0.15, 0.2) is 0 Å². The van der Waals surface area contributed by atoms with Gasteiger partial charge in [0.1, 0.15) is 11.7 Å². The van der Waals surface area contributed by atoms with Gasteiger partial charge >= 0.3 is 5.97 Å². The van der Waals surface area contributed by atoms with Crippen LogP contribution in [0.3, 0.4) is 0 Å². The molecule has 1 aliphatic carbocycles. The number of carbonyl (C=O) groups is 2. The van der Waals surface area contributed by atoms with Crippen LogP contribution in [-0.4, -0.2) is 50.1 Å². The molecule has 2 aliphatic rings. The predicted molar refractivity (Wildman–Crippen MR) is 135 cm³/mol. The summed E-state index contributed by atoms with van der Waals surface area (Å²) in [5, 5.41) is 0.621. The molecule has 2 aromatic carbocycles. The van der Waals surface area contributed by atoms with Gasteiger partial charge in [0.25, 0.3) is 5.91 Å². The van der Waals surface area contributed by atoms with E-state index in [0.717, 1.165) is 25.2 Å². The molecular formula is C25H27Cl2FN2O5S. The minimum Gasteiger partial charge on any atom is -0.465 e. The average molecular weight is 557 g/mol. The zero-order valence-electron chi connectivity index (χ0n) is 19.8. The normalized spacial score (nSPS) is 24.4. The quantitative estimate of drug-likeness (QED) is 0.514. The summed E-state index contributed by atoms with van der Waals surface area (Å²) in [7, 11) is -3.60. The van der Waals surface area contributed by atoms with Gasteiger partial charge in [-0.15, -0.1) is 0 Å². The molecule has 0 bridgehead atoms. The highest BCUT2D eigenvalue weighted by Crippen LogP contribution is 2.48. The SMILES string of the molecule is CCOC(=O)[C@@H]1c2ccc(F)cc2C(=O)N([C@H]2CCCC[C@@H]2NS(C)(=O)=O)C1c1ccc(Cl)cc1Cl. The molecule has 1 aliphatic heterocycles. The maximum atomic E-state index is 14.3. The van der Waals surface area contributed by atoms with Gasteiger partial charge < -0.3 is 9.64 Å². The van der Waals surface area contributed by atoms with Crippen molar-refractivity contribution in [3.63, 3.8) is 0 Å². The Kier molecular flexibility index (Phi) is 7.95. The molecule has 1 unspecified atom stereocenters. The second-order valence-corrected chi connectivity index (χ2v) is 11.8. The lowest BCUT2D eigenvalue weighted by Crippen LogP contribution is -2.58. The highest BCUT2D eigenvalue weighted by Gasteiger charge is 2.50. The minimum atomic E-state index is -3.60. The molecule has 1 heterocycles. The Bertz CT molecular complexity index is 1290. The van der Waals surface area contributed by atoms with E-state index >= 15 is 0 Å². The third-order valence-corrected chi connectivity index (χ3v) is 8.00. The number of rotatable bonds is 6. The summed E-state index contributed by atoms with van der Waals surface area (Å²) in [6.45, 7) is 1.77. The molecule has 2 aromatic rings. The van der Waals surface area contributed by atoms with Crippen LogP contribution in [0.5, 0.6) is 0 Å². The maximum absolute atomic E-state index is 14.3. The Morgan fingerprint density at radius 3 is 2.50 bits per heavy atom. The lowest BCUT2D eigenvalue weighted by atomic mass is 9.77. The summed E-state index contributed by atoms with van der Waals surface area (Å²) in [5.74, 6) is -2.74. The van der Waals surface area contributed by atoms with Crippen molar-refractivity contribution >= 4 is 45.1 Å². The summed E-state index contributed by atoms with van der Waals surface area (Å²) in [5.41, 5.74) is 0.833. The summed E-state index contributed by atoms with van der Waals surface area (Å²) in [6, 6.07) is 6.39. The van der Waals surface area contributed by atoms with Crippen molar-refractivity contribution in [1.29, 1.82) is 0 Å². The van der Waals surface area contributed by atoms with E-state index in [2.05, 4.69) is 4.72 Å². The Hall–Kier alpha value is -2.20. The van der Waals surface area contributed by atoms with Gasteiger partial charge in [0, 0.05) is 27.7 Å². The van der Waals surface area contributed by atoms with E-state index < -0.39 is 51.8 Å². The number of carbonyl (C=O) groups excluding carboxylic acids is 2. The summed E-state index contributed by atoms with van der Waals surface area (Å²) in [6.07, 6.45) is 3.57. The van der Waals surface area contributed by atoms with Crippen LogP contribution >= 0.6 is 23.2 Å². The largest absolute Gasteiger partial charge is 0.465 e. The highest BCUT2D eigenvalue weighted by atomic mass is 35.5. The Labute approximate surface area is 220 Å². The monoisotopic (exact) mass is 556 g/mol. The molecule has 0 spiro atoms. The topological polar surface area (TPSA) is 92.8 Å². The smallest absolute Gasteiger partial charge is 0.315 e. The van der Waals surface area contributed by atoms with E-state index in [9.17, 15) is 22.4 Å². The van der Waals surface area contributed by atoms with E-state index in [1.807, 2.05) is 0 Å². The van der Waals surface area contributed by atoms with Crippen molar-refractivity contribution in [2.75, 3.05) is 12.9 Å². The van der Waals surface area contributed by atoms with Gasteiger partial charge in [0.2, 0.25) is 10.0 Å². The molecule has 4 atom stereocenters. The Morgan fingerprint density at radius 2 is 1.83 bits per heavy atom. The third-order valence-electron chi connectivity index (χ3n) is 6.70. The van der Waals surface area contributed by atoms with E-state index in [-0.39, 0.29) is 17.2 Å². The molecule has 1 N–H and O–H groups in total. The second kappa shape index (κ2) is 10.7. The fourth-order valence-corrected chi connectivity index (χ4v) is 6.70. The van der Waals surface area contributed by atoms with Crippen LogP contribution in [-0.2, 0) is 19.6 Å². The number of hydrogen-bond donors (Lipinski definition) is 1. The number of ether oxygens (including phenoxy) is 1. The first kappa shape index (κ1) is 26.9. The fraction of sp³-hybridized carbons (Fsp3) is 0.440. The summed E-state index contributed by atoms with van der Waals surface area (Å²) in [4.78, 5) is 28.9. The lowest BCUT2D eigenvalue weighted by Gasteiger charge is -2.49. The molecule has 1 amide bonds. The van der Waals surface area contributed by atoms with Gasteiger partial charge in [-0.25, -0.2) is 17.5 Å². The lowest BCUT2D eigenvalue weighted by molar-refractivity contribution is -0.147. The highest BCUT2D eigenvalue weighted by molar-refractivity contribution is 7.88. The molecule has 11 heteroatoms. The number of halogens is 3. The van der Waals surface area contributed by atoms with Crippen molar-refractivity contribution < 1.29 is 27.1 Å². The number of benzene rings is 2. The first-order chi connectivity index (χ1) is 17.0. The van der Waals surface area contributed by atoms with Gasteiger partial charge in [0.05, 0.1) is 18.9 Å². The van der Waals surface area contributed by atoms with Gasteiger partial charge in [-0.1, -0.05) is 48.2 Å². The second-order valence-electron chi connectivity index (χ2n) is 9.13. The van der Waals surface area contributed by atoms with Crippen LogP contribution in [0.4, 0.5) is 4.39 Å². The molecule has 0 aromatic heterocycles. The first-order valence-corrected chi connectivity index (χ1v) is 14.4. The van der Waals surface area contributed by atoms with Crippen LogP contribution in [0, 0.1) is 5.82 Å². The number of fused-ring (bicyclic) bond motifs is 1. The maximum Gasteiger partial charge on any atom is 0.315 e. The Balaban J connectivity index is 1.96. The van der Waals surface area contributed by atoms with Crippen LogP contribution in [0.1, 0.15) is 66.1 Å². The molecule has 0 saturated heterocycles. The van der Waals surface area contributed by atoms with Crippen molar-refractivity contribution in [3.8, 4) is 0 Å². The number of nitrogens with zero attached hydrogens (tertiary/aromatic N) is 1. The van der Waals surface area contributed by atoms with Crippen LogP contribution in [0.15, 0.2) is 36.4 Å². The predicted octanol–water partition coefficient (Wildman–Crippen LogP) is 4.84. The molecule has 1 fully saturated rings. The minimum absolute atomic E-state index is 0.0399. The van der Waals surface area contributed by atoms with Crippen LogP contribution in [0.25, 0.3) is 0 Å². The number of esters is 1. The molecule has 194 valence electrons. The summed E-state index contributed by atoms with van der Waals surface area (Å²) >= 11 is 12.7. The zero-order chi connectivity index (χ0) is 26.2. The van der Waals surface area contributed by atoms with Crippen molar-refractivity contribution in [1.82, 2.24) is 9.62 Å². The van der Waals surface area contributed by atoms with E-state index in [1.165, 1.54) is 23.1 Å². The van der Waals surface area contributed by atoms with Crippen LogP contribution < -0.4 is 4.72 Å². The van der Waals surface area contributed by atoms with E-state index in [0.29, 0.717) is 29.0 Å². The van der Waals surface area contributed by atoms with Crippen molar-refractivity contribution in [3.05, 3.63) is 69.0 Å². The number of hydrogen-bond acceptors (Lipinski definition) is 5. The van der Waals surface area contributed by atoms with Crippen LogP contribution in [0.2, 0.25) is 10.0 Å². The van der Waals surface area contributed by atoms with E-state index in [1.54, 1.807) is 19.1 Å². The zero-order valence-corrected chi connectivity index (χ0v) is 22.2. The molecule has 36 heavy (non-hydrogen) atoms. The van der Waals surface area contributed by atoms with Gasteiger partial charge in [-0.2, -0.15) is 0 Å². The Morgan fingerprint density at radius 1 is 1.14 bits per heavy atom.